The number of aromatic nitrogens is 4. The molecule has 4 heterocycles. The maximum Gasteiger partial charge on any atom is 0.410 e. The van der Waals surface area contributed by atoms with Crippen LogP contribution in [0.25, 0.3) is 5.57 Å². The highest BCUT2D eigenvalue weighted by Crippen LogP contribution is 2.28. The largest absolute Gasteiger partial charge is 0.446 e. The molecule has 0 bridgehead atoms. The number of aryl methyl sites for hydroxylation is 1. The van der Waals surface area contributed by atoms with Crippen molar-refractivity contribution in [3.63, 3.8) is 0 Å². The van der Waals surface area contributed by atoms with Gasteiger partial charge in [-0.05, 0) is 83.2 Å². The van der Waals surface area contributed by atoms with Gasteiger partial charge < -0.3 is 24.6 Å². The smallest absolute Gasteiger partial charge is 0.410 e. The van der Waals surface area contributed by atoms with E-state index in [9.17, 15) is 14.7 Å². The lowest BCUT2D eigenvalue weighted by Gasteiger charge is -2.29. The van der Waals surface area contributed by atoms with Gasteiger partial charge in [0.15, 0.2) is 5.82 Å². The topological polar surface area (TPSA) is 122 Å². The van der Waals surface area contributed by atoms with Crippen LogP contribution >= 0.6 is 0 Å². The van der Waals surface area contributed by atoms with Gasteiger partial charge in [0.05, 0.1) is 5.60 Å². The number of carbonyl (C=O) groups excluding carboxylic acids is 2. The minimum absolute atomic E-state index is 0.0901. The van der Waals surface area contributed by atoms with Crippen molar-refractivity contribution in [3.8, 4) is 0 Å². The van der Waals surface area contributed by atoms with E-state index in [-0.39, 0.29) is 18.2 Å². The van der Waals surface area contributed by atoms with Crippen molar-refractivity contribution in [2.75, 3.05) is 13.2 Å². The van der Waals surface area contributed by atoms with Crippen LogP contribution in [-0.4, -0.2) is 60.5 Å². The fourth-order valence-electron chi connectivity index (χ4n) is 4.62. The summed E-state index contributed by atoms with van der Waals surface area (Å²) in [6.45, 7) is 11.9. The van der Waals surface area contributed by atoms with Gasteiger partial charge in [-0.15, -0.1) is 10.2 Å². The fraction of sp³-hybridized carbons (Fsp3) is 0.483. The lowest BCUT2D eigenvalue weighted by Crippen LogP contribution is -2.39. The maximum atomic E-state index is 13.1. The molecule has 0 radical (unpaired) electrons. The van der Waals surface area contributed by atoms with Crippen molar-refractivity contribution in [1.82, 2.24) is 30.0 Å². The van der Waals surface area contributed by atoms with Gasteiger partial charge in [-0.1, -0.05) is 17.7 Å². The van der Waals surface area contributed by atoms with Crippen LogP contribution < -0.4 is 5.32 Å². The summed E-state index contributed by atoms with van der Waals surface area (Å²) < 4.78 is 7.43. The van der Waals surface area contributed by atoms with Gasteiger partial charge in [-0.2, -0.15) is 0 Å². The van der Waals surface area contributed by atoms with E-state index < -0.39 is 11.7 Å². The first-order chi connectivity index (χ1) is 18.4. The highest BCUT2D eigenvalue weighted by atomic mass is 16.6. The number of fused-ring (bicyclic) bond motifs is 2. The van der Waals surface area contributed by atoms with Crippen molar-refractivity contribution >= 4 is 17.6 Å². The third-order valence-corrected chi connectivity index (χ3v) is 6.88. The molecule has 10 heteroatoms. The van der Waals surface area contributed by atoms with Crippen molar-refractivity contribution < 1.29 is 19.4 Å². The second-order valence-electron chi connectivity index (χ2n) is 11.2. The Bertz CT molecular complexity index is 1340. The van der Waals surface area contributed by atoms with E-state index in [1.54, 1.807) is 31.0 Å². The van der Waals surface area contributed by atoms with E-state index in [0.29, 0.717) is 31.2 Å². The van der Waals surface area contributed by atoms with Crippen LogP contribution in [0.2, 0.25) is 0 Å². The molecule has 0 spiro atoms. The summed E-state index contributed by atoms with van der Waals surface area (Å²) in [4.78, 5) is 31.5. The van der Waals surface area contributed by atoms with Gasteiger partial charge in [0.1, 0.15) is 18.1 Å². The summed E-state index contributed by atoms with van der Waals surface area (Å²) in [5.41, 5.74) is 3.65. The lowest BCUT2D eigenvalue weighted by atomic mass is 10.0. The molecule has 4 rings (SSSR count). The molecule has 39 heavy (non-hydrogen) atoms. The molecule has 2 amide bonds. The minimum atomic E-state index is -1.10. The summed E-state index contributed by atoms with van der Waals surface area (Å²) >= 11 is 0. The van der Waals surface area contributed by atoms with Crippen LogP contribution in [0.5, 0.6) is 0 Å². The Kier molecular flexibility index (Phi) is 8.34. The first kappa shape index (κ1) is 28.2. The molecule has 2 aliphatic rings. The average Bonchev–Trinajstić information content (AvgIpc) is 3.48. The minimum Gasteiger partial charge on any atom is -0.446 e. The van der Waals surface area contributed by atoms with Crippen LogP contribution in [0.15, 0.2) is 41.8 Å². The summed E-state index contributed by atoms with van der Waals surface area (Å²) in [5, 5.41) is 21.5. The number of hydrogen-bond donors (Lipinski definition) is 2. The van der Waals surface area contributed by atoms with E-state index in [0.717, 1.165) is 46.8 Å². The normalized spacial score (nSPS) is 17.2. The molecule has 0 saturated carbocycles. The number of amides is 2. The number of aliphatic hydroxyl groups is 1. The first-order valence-corrected chi connectivity index (χ1v) is 13.3. The first-order valence-electron chi connectivity index (χ1n) is 13.3. The number of nitrogens with one attached hydrogen (secondary N) is 1. The van der Waals surface area contributed by atoms with Crippen LogP contribution in [0.3, 0.4) is 0 Å². The highest BCUT2D eigenvalue weighted by Gasteiger charge is 2.26. The Morgan fingerprint density at radius 2 is 1.97 bits per heavy atom. The van der Waals surface area contributed by atoms with E-state index >= 15 is 0 Å². The molecule has 0 fully saturated rings. The number of pyridine rings is 1. The average molecular weight is 535 g/mol. The zero-order valence-electron chi connectivity index (χ0n) is 23.6. The Balaban J connectivity index is 1.42. The van der Waals surface area contributed by atoms with E-state index in [4.69, 9.17) is 4.74 Å². The number of ether oxygens (including phenoxy) is 1. The fourth-order valence-corrected chi connectivity index (χ4v) is 4.62. The Labute approximate surface area is 229 Å². The van der Waals surface area contributed by atoms with E-state index in [2.05, 4.69) is 32.0 Å². The summed E-state index contributed by atoms with van der Waals surface area (Å²) in [6.07, 6.45) is 9.59. The van der Waals surface area contributed by atoms with Crippen molar-refractivity contribution in [2.24, 2.45) is 0 Å². The standard InChI is InChI=1S/C29H38N6O4/c1-18(2)23(9-7-8-19(3)26-33-32-25-11-10-20(4)35(25)26)31-27(36)24-14-22-16-34(13-12-21(22)15-30-24)28(37)39-17-29(5,6)38/h7-9,14-15,20,38H,10-13,16-17H2,1-6H3,(H,31,36)/b9-7-,19-8+. The zero-order valence-corrected chi connectivity index (χ0v) is 23.6. The predicted octanol–water partition coefficient (Wildman–Crippen LogP) is 4.13. The molecular weight excluding hydrogens is 496 g/mol. The summed E-state index contributed by atoms with van der Waals surface area (Å²) in [5.74, 6) is 1.57. The lowest BCUT2D eigenvalue weighted by molar-refractivity contribution is -0.00487. The maximum absolute atomic E-state index is 13.1. The molecule has 10 nitrogen and oxygen atoms in total. The summed E-state index contributed by atoms with van der Waals surface area (Å²) in [7, 11) is 0. The van der Waals surface area contributed by atoms with Gasteiger partial charge in [-0.25, -0.2) is 4.79 Å². The third-order valence-electron chi connectivity index (χ3n) is 6.88. The Morgan fingerprint density at radius 3 is 2.69 bits per heavy atom. The van der Waals surface area contributed by atoms with Gasteiger partial charge in [-0.3, -0.25) is 9.78 Å². The second-order valence-corrected chi connectivity index (χ2v) is 11.2. The summed E-state index contributed by atoms with van der Waals surface area (Å²) in [6, 6.07) is 2.11. The number of hydrogen-bond acceptors (Lipinski definition) is 7. The van der Waals surface area contributed by atoms with E-state index in [1.807, 2.05) is 39.0 Å². The molecule has 1 unspecified atom stereocenters. The van der Waals surface area contributed by atoms with Crippen LogP contribution in [0.4, 0.5) is 4.79 Å². The zero-order chi connectivity index (χ0) is 28.3. The van der Waals surface area contributed by atoms with Crippen molar-refractivity contribution in [1.29, 1.82) is 0 Å². The molecule has 0 aromatic carbocycles. The quantitative estimate of drug-likeness (QED) is 0.512. The molecule has 2 N–H and O–H groups in total. The molecular formula is C29H38N6O4. The van der Waals surface area contributed by atoms with Crippen molar-refractivity contribution in [2.45, 2.75) is 79.0 Å². The van der Waals surface area contributed by atoms with Gasteiger partial charge in [0.2, 0.25) is 0 Å². The predicted molar refractivity (Wildman–Crippen MR) is 148 cm³/mol. The molecule has 2 aliphatic heterocycles. The van der Waals surface area contributed by atoms with Gasteiger partial charge in [0.25, 0.3) is 5.91 Å². The SMILES string of the molecule is CC(C)=C(/C=C\C=C(/C)c1nnc2n1C(C)CC2)NC(=O)c1cc2c(cn1)CCN(C(=O)OCC(C)(C)O)C2. The van der Waals surface area contributed by atoms with E-state index in [1.165, 1.54) is 0 Å². The number of allylic oxidation sites excluding steroid dienone is 5. The molecule has 2 aromatic rings. The van der Waals surface area contributed by atoms with Gasteiger partial charge in [0, 0.05) is 37.4 Å². The number of rotatable bonds is 7. The molecule has 2 aromatic heterocycles. The van der Waals surface area contributed by atoms with Crippen LogP contribution in [0.1, 0.15) is 87.3 Å². The number of nitrogens with zero attached hydrogens (tertiary/aromatic N) is 5. The van der Waals surface area contributed by atoms with Crippen molar-refractivity contribution in [3.05, 3.63) is 70.2 Å². The molecule has 1 atom stereocenters. The van der Waals surface area contributed by atoms with Crippen LogP contribution in [-0.2, 0) is 24.1 Å². The van der Waals surface area contributed by atoms with Crippen LogP contribution in [0, 0.1) is 0 Å². The number of carbonyl (C=O) groups is 2. The highest BCUT2D eigenvalue weighted by molar-refractivity contribution is 5.94. The third kappa shape index (κ3) is 6.81. The molecule has 208 valence electrons. The monoisotopic (exact) mass is 534 g/mol. The Morgan fingerprint density at radius 1 is 1.21 bits per heavy atom. The Hall–Kier alpha value is -3.79. The van der Waals surface area contributed by atoms with Gasteiger partial charge >= 0.3 is 6.09 Å². The molecule has 0 saturated heterocycles. The second kappa shape index (κ2) is 11.5. The molecule has 0 aliphatic carbocycles.